The summed E-state index contributed by atoms with van der Waals surface area (Å²) in [5.41, 5.74) is 4.42. The normalized spacial score (nSPS) is 13.0. The highest BCUT2D eigenvalue weighted by atomic mass is 16.5. The monoisotopic (exact) mass is 423 g/mol. The van der Waals surface area contributed by atoms with Gasteiger partial charge in [0.2, 0.25) is 0 Å². The summed E-state index contributed by atoms with van der Waals surface area (Å²) in [6.07, 6.45) is 5.49. The molecular weight excluding hydrogens is 402 g/mol. The fourth-order valence-corrected chi connectivity index (χ4v) is 3.72. The van der Waals surface area contributed by atoms with Crippen LogP contribution in [0.5, 0.6) is 5.75 Å². The third-order valence-electron chi connectivity index (χ3n) is 5.56. The molecule has 1 aliphatic rings. The van der Waals surface area contributed by atoms with E-state index in [1.165, 1.54) is 0 Å². The number of nitrogens with one attached hydrogen (secondary N) is 1. The standard InChI is InChI=1S/C25H21N5O2/c1-30(15-18-13-27-22(12-26)21-14-28-29-24(18)21)25(31)17-7-10-20(16-5-3-2-4-6-16)23(11-17)32-19-8-9-19/h2-7,10-11,13-14,19H,8-9,15H2,1H3,(H,28,29). The molecule has 1 fully saturated rings. The lowest BCUT2D eigenvalue weighted by Crippen LogP contribution is -2.26. The molecule has 1 saturated carbocycles. The van der Waals surface area contributed by atoms with Crippen molar-refractivity contribution in [2.24, 2.45) is 0 Å². The van der Waals surface area contributed by atoms with E-state index in [-0.39, 0.29) is 12.0 Å². The first-order valence-corrected chi connectivity index (χ1v) is 10.5. The molecule has 2 aromatic carbocycles. The minimum atomic E-state index is -0.123. The minimum Gasteiger partial charge on any atom is -0.490 e. The van der Waals surface area contributed by atoms with Crippen LogP contribution < -0.4 is 4.74 Å². The number of carbonyl (C=O) groups is 1. The van der Waals surface area contributed by atoms with Crippen LogP contribution in [-0.2, 0) is 6.54 Å². The van der Waals surface area contributed by atoms with E-state index in [0.717, 1.165) is 35.3 Å². The number of rotatable bonds is 6. The number of nitrogens with zero attached hydrogens (tertiary/aromatic N) is 4. The second-order valence-corrected chi connectivity index (χ2v) is 7.96. The summed E-state index contributed by atoms with van der Waals surface area (Å²) in [5.74, 6) is 0.608. The van der Waals surface area contributed by atoms with E-state index in [0.29, 0.717) is 28.7 Å². The van der Waals surface area contributed by atoms with E-state index in [1.807, 2.05) is 48.5 Å². The van der Waals surface area contributed by atoms with Gasteiger partial charge in [0.1, 0.15) is 11.8 Å². The molecule has 0 spiro atoms. The van der Waals surface area contributed by atoms with Crippen molar-refractivity contribution in [3.63, 3.8) is 0 Å². The van der Waals surface area contributed by atoms with Gasteiger partial charge in [-0.3, -0.25) is 9.89 Å². The van der Waals surface area contributed by atoms with Gasteiger partial charge in [-0.25, -0.2) is 4.98 Å². The Morgan fingerprint density at radius 3 is 2.78 bits per heavy atom. The number of aromatic nitrogens is 3. The van der Waals surface area contributed by atoms with Gasteiger partial charge in [-0.05, 0) is 36.6 Å². The SMILES string of the molecule is CN(Cc1cnc(C#N)c2cn[nH]c12)C(=O)c1ccc(-c2ccccc2)c(OC2CC2)c1. The summed E-state index contributed by atoms with van der Waals surface area (Å²) < 4.78 is 6.15. The highest BCUT2D eigenvalue weighted by Crippen LogP contribution is 2.36. The summed E-state index contributed by atoms with van der Waals surface area (Å²) in [6, 6.07) is 17.7. The van der Waals surface area contributed by atoms with Crippen molar-refractivity contribution in [1.29, 1.82) is 5.26 Å². The lowest BCUT2D eigenvalue weighted by Gasteiger charge is -2.19. The van der Waals surface area contributed by atoms with E-state index in [4.69, 9.17) is 4.74 Å². The zero-order valence-electron chi connectivity index (χ0n) is 17.6. The molecular formula is C25H21N5O2. The van der Waals surface area contributed by atoms with E-state index in [1.54, 1.807) is 24.3 Å². The average molecular weight is 423 g/mol. The van der Waals surface area contributed by atoms with Crippen molar-refractivity contribution < 1.29 is 9.53 Å². The maximum absolute atomic E-state index is 13.2. The molecule has 158 valence electrons. The second-order valence-electron chi connectivity index (χ2n) is 7.96. The lowest BCUT2D eigenvalue weighted by atomic mass is 10.0. The molecule has 7 nitrogen and oxygen atoms in total. The molecule has 0 aliphatic heterocycles. The number of pyridine rings is 1. The van der Waals surface area contributed by atoms with E-state index >= 15 is 0 Å². The predicted octanol–water partition coefficient (Wildman–Crippen LogP) is 4.31. The zero-order valence-corrected chi connectivity index (χ0v) is 17.6. The predicted molar refractivity (Wildman–Crippen MR) is 120 cm³/mol. The van der Waals surface area contributed by atoms with Crippen molar-refractivity contribution in [2.45, 2.75) is 25.5 Å². The highest BCUT2D eigenvalue weighted by molar-refractivity contribution is 5.96. The van der Waals surface area contributed by atoms with Gasteiger partial charge in [-0.1, -0.05) is 30.3 Å². The molecule has 1 amide bonds. The van der Waals surface area contributed by atoms with Crippen LogP contribution in [0.15, 0.2) is 60.9 Å². The molecule has 0 bridgehead atoms. The van der Waals surface area contributed by atoms with Crippen molar-refractivity contribution in [2.75, 3.05) is 7.05 Å². The van der Waals surface area contributed by atoms with Crippen LogP contribution in [0.4, 0.5) is 0 Å². The van der Waals surface area contributed by atoms with Gasteiger partial charge in [0.05, 0.1) is 23.2 Å². The van der Waals surface area contributed by atoms with Crippen LogP contribution in [0.2, 0.25) is 0 Å². The van der Waals surface area contributed by atoms with E-state index < -0.39 is 0 Å². The molecule has 1 aliphatic carbocycles. The fourth-order valence-electron chi connectivity index (χ4n) is 3.72. The highest BCUT2D eigenvalue weighted by Gasteiger charge is 2.26. The molecule has 5 rings (SSSR count). The maximum atomic E-state index is 13.2. The molecule has 32 heavy (non-hydrogen) atoms. The number of nitriles is 1. The van der Waals surface area contributed by atoms with E-state index in [2.05, 4.69) is 21.3 Å². The molecule has 4 aromatic rings. The fraction of sp³-hybridized carbons (Fsp3) is 0.200. The molecule has 2 aromatic heterocycles. The third kappa shape index (κ3) is 3.79. The van der Waals surface area contributed by atoms with Crippen LogP contribution in [0, 0.1) is 11.3 Å². The average Bonchev–Trinajstić information content (AvgIpc) is 3.50. The second kappa shape index (κ2) is 8.16. The number of benzene rings is 2. The van der Waals surface area contributed by atoms with Gasteiger partial charge in [0.25, 0.3) is 5.91 Å². The molecule has 0 atom stereocenters. The molecule has 0 saturated heterocycles. The number of aromatic amines is 1. The van der Waals surface area contributed by atoms with Crippen LogP contribution >= 0.6 is 0 Å². The van der Waals surface area contributed by atoms with Gasteiger partial charge < -0.3 is 9.64 Å². The number of ether oxygens (including phenoxy) is 1. The number of carbonyl (C=O) groups excluding carboxylic acids is 1. The first kappa shape index (κ1) is 19.8. The number of H-pyrrole nitrogens is 1. The largest absolute Gasteiger partial charge is 0.490 e. The zero-order chi connectivity index (χ0) is 22.1. The Balaban J connectivity index is 1.43. The number of hydrogen-bond donors (Lipinski definition) is 1. The summed E-state index contributed by atoms with van der Waals surface area (Å²) in [6.45, 7) is 0.329. The van der Waals surface area contributed by atoms with Crippen molar-refractivity contribution >= 4 is 16.8 Å². The van der Waals surface area contributed by atoms with Gasteiger partial charge >= 0.3 is 0 Å². The first-order valence-electron chi connectivity index (χ1n) is 10.5. The Kier molecular flexibility index (Phi) is 5.04. The molecule has 7 heteroatoms. The Labute approximate surface area is 185 Å². The van der Waals surface area contributed by atoms with Crippen LogP contribution in [0.25, 0.3) is 22.0 Å². The number of hydrogen-bond acceptors (Lipinski definition) is 5. The van der Waals surface area contributed by atoms with Crippen LogP contribution in [0.3, 0.4) is 0 Å². The van der Waals surface area contributed by atoms with Crippen LogP contribution in [0.1, 0.15) is 34.5 Å². The topological polar surface area (TPSA) is 94.9 Å². The lowest BCUT2D eigenvalue weighted by molar-refractivity contribution is 0.0785. The van der Waals surface area contributed by atoms with Crippen molar-refractivity contribution in [1.82, 2.24) is 20.1 Å². The summed E-state index contributed by atoms with van der Waals surface area (Å²) in [5, 5.41) is 16.8. The molecule has 1 N–H and O–H groups in total. The molecule has 0 unspecified atom stereocenters. The number of fused-ring (bicyclic) bond motifs is 1. The summed E-state index contributed by atoms with van der Waals surface area (Å²) in [4.78, 5) is 19.0. The molecule has 2 heterocycles. The summed E-state index contributed by atoms with van der Waals surface area (Å²) in [7, 11) is 1.75. The van der Waals surface area contributed by atoms with Crippen molar-refractivity contribution in [3.05, 3.63) is 77.7 Å². The third-order valence-corrected chi connectivity index (χ3v) is 5.56. The Bertz CT molecular complexity index is 1340. The maximum Gasteiger partial charge on any atom is 0.254 e. The van der Waals surface area contributed by atoms with Gasteiger partial charge in [0, 0.05) is 36.5 Å². The minimum absolute atomic E-state index is 0.123. The first-order chi connectivity index (χ1) is 15.6. The Morgan fingerprint density at radius 2 is 2.03 bits per heavy atom. The Hall–Kier alpha value is -4.18. The number of amides is 1. The quantitative estimate of drug-likeness (QED) is 0.499. The van der Waals surface area contributed by atoms with Crippen molar-refractivity contribution in [3.8, 4) is 22.9 Å². The van der Waals surface area contributed by atoms with E-state index in [9.17, 15) is 10.1 Å². The van der Waals surface area contributed by atoms with Gasteiger partial charge in [0.15, 0.2) is 5.69 Å². The van der Waals surface area contributed by atoms with Gasteiger partial charge in [-0.15, -0.1) is 0 Å². The Morgan fingerprint density at radius 1 is 1.22 bits per heavy atom. The van der Waals surface area contributed by atoms with Gasteiger partial charge in [-0.2, -0.15) is 10.4 Å². The molecule has 0 radical (unpaired) electrons. The van der Waals surface area contributed by atoms with Crippen LogP contribution in [-0.4, -0.2) is 39.1 Å². The summed E-state index contributed by atoms with van der Waals surface area (Å²) >= 11 is 0. The smallest absolute Gasteiger partial charge is 0.254 e.